The van der Waals surface area contributed by atoms with Gasteiger partial charge in [0.2, 0.25) is 0 Å². The third-order valence-electron chi connectivity index (χ3n) is 10.8. The van der Waals surface area contributed by atoms with Crippen molar-refractivity contribution >= 4 is 38.2 Å². The Balaban J connectivity index is 1.14. The second kappa shape index (κ2) is 12.2. The minimum absolute atomic E-state index is 0.00370. The van der Waals surface area contributed by atoms with Crippen molar-refractivity contribution in [3.63, 3.8) is 0 Å². The van der Waals surface area contributed by atoms with Crippen molar-refractivity contribution in [1.29, 1.82) is 0 Å². The third kappa shape index (κ3) is 4.82. The standard InChI is InChI=1S/C49H32N4O/c1-3-15-32(16-4-1)47-50-48(33-17-5-2-6-18-33)52-49(51-47)34-19-11-20-35(30-34)53-42-29-28-31-14-7-8-21-36(31)44(42)41-26-12-23-38(45(41)53)40-25-13-24-39-37-22-9-10-27-43(37)54-46(39)40/h1-30,40,46H. The number of hydrogen-bond acceptors (Lipinski definition) is 4. The molecule has 254 valence electrons. The first-order chi connectivity index (χ1) is 26.8. The van der Waals surface area contributed by atoms with E-state index in [0.29, 0.717) is 17.5 Å². The molecule has 2 aliphatic rings. The fraction of sp³-hybridized carbons (Fsp3) is 0.0408. The van der Waals surface area contributed by atoms with Gasteiger partial charge in [-0.2, -0.15) is 0 Å². The predicted octanol–water partition coefficient (Wildman–Crippen LogP) is 11.6. The van der Waals surface area contributed by atoms with Gasteiger partial charge in [-0.15, -0.1) is 0 Å². The lowest BCUT2D eigenvalue weighted by Crippen LogP contribution is -2.23. The summed E-state index contributed by atoms with van der Waals surface area (Å²) in [5, 5.41) is 4.89. The highest BCUT2D eigenvalue weighted by atomic mass is 16.5. The maximum absolute atomic E-state index is 6.74. The summed E-state index contributed by atoms with van der Waals surface area (Å²) in [5.74, 6) is 2.85. The zero-order chi connectivity index (χ0) is 35.6. The highest BCUT2D eigenvalue weighted by Crippen LogP contribution is 2.48. The van der Waals surface area contributed by atoms with E-state index in [9.17, 15) is 0 Å². The Morgan fingerprint density at radius 3 is 1.98 bits per heavy atom. The summed E-state index contributed by atoms with van der Waals surface area (Å²) >= 11 is 0. The van der Waals surface area contributed by atoms with E-state index < -0.39 is 0 Å². The zero-order valence-electron chi connectivity index (χ0n) is 29.2. The van der Waals surface area contributed by atoms with Gasteiger partial charge < -0.3 is 9.30 Å². The zero-order valence-corrected chi connectivity index (χ0v) is 29.2. The first-order valence-corrected chi connectivity index (χ1v) is 18.4. The molecule has 1 aliphatic heterocycles. The maximum atomic E-state index is 6.74. The molecule has 5 heteroatoms. The van der Waals surface area contributed by atoms with Crippen LogP contribution in [0.1, 0.15) is 17.0 Å². The fourth-order valence-electron chi connectivity index (χ4n) is 8.38. The predicted molar refractivity (Wildman–Crippen MR) is 219 cm³/mol. The first-order valence-electron chi connectivity index (χ1n) is 18.4. The Labute approximate surface area is 312 Å². The molecule has 3 heterocycles. The lowest BCUT2D eigenvalue weighted by atomic mass is 9.83. The summed E-state index contributed by atoms with van der Waals surface area (Å²) in [4.78, 5) is 15.1. The van der Waals surface area contributed by atoms with Crippen molar-refractivity contribution in [3.8, 4) is 45.6 Å². The number of benzene rings is 7. The Morgan fingerprint density at radius 2 is 1.19 bits per heavy atom. The molecule has 54 heavy (non-hydrogen) atoms. The number of allylic oxidation sites excluding steroid dienone is 2. The summed E-state index contributed by atoms with van der Waals surface area (Å²) in [6, 6.07) is 57.2. The number of nitrogens with zero attached hydrogens (tertiary/aromatic N) is 4. The Kier molecular flexibility index (Phi) is 6.92. The molecule has 0 radical (unpaired) electrons. The van der Waals surface area contributed by atoms with Crippen molar-refractivity contribution in [3.05, 3.63) is 193 Å². The van der Waals surface area contributed by atoms with Crippen LogP contribution < -0.4 is 4.74 Å². The molecule has 0 amide bonds. The monoisotopic (exact) mass is 692 g/mol. The highest BCUT2D eigenvalue weighted by Gasteiger charge is 2.37. The number of rotatable bonds is 5. The van der Waals surface area contributed by atoms with E-state index in [1.165, 1.54) is 43.8 Å². The van der Waals surface area contributed by atoms with Gasteiger partial charge in [0, 0.05) is 50.2 Å². The van der Waals surface area contributed by atoms with Crippen molar-refractivity contribution in [2.24, 2.45) is 0 Å². The first kappa shape index (κ1) is 30.5. The highest BCUT2D eigenvalue weighted by molar-refractivity contribution is 6.22. The van der Waals surface area contributed by atoms with E-state index in [0.717, 1.165) is 33.6 Å². The van der Waals surface area contributed by atoms with Crippen LogP contribution in [0.3, 0.4) is 0 Å². The van der Waals surface area contributed by atoms with Gasteiger partial charge in [-0.05, 0) is 40.6 Å². The molecule has 2 atom stereocenters. The molecule has 5 nitrogen and oxygen atoms in total. The topological polar surface area (TPSA) is 52.8 Å². The van der Waals surface area contributed by atoms with Crippen LogP contribution in [-0.2, 0) is 0 Å². The van der Waals surface area contributed by atoms with Crippen molar-refractivity contribution in [1.82, 2.24) is 19.5 Å². The van der Waals surface area contributed by atoms with Crippen LogP contribution in [0.4, 0.5) is 0 Å². The Bertz CT molecular complexity index is 2920. The molecule has 2 unspecified atom stereocenters. The van der Waals surface area contributed by atoms with E-state index in [1.807, 2.05) is 66.7 Å². The number of fused-ring (bicyclic) bond motifs is 8. The van der Waals surface area contributed by atoms with Crippen LogP contribution in [-0.4, -0.2) is 25.6 Å². The Morgan fingerprint density at radius 1 is 0.537 bits per heavy atom. The van der Waals surface area contributed by atoms with E-state index in [1.54, 1.807) is 0 Å². The molecular weight excluding hydrogens is 661 g/mol. The van der Waals surface area contributed by atoms with Gasteiger partial charge in [-0.1, -0.05) is 158 Å². The summed E-state index contributed by atoms with van der Waals surface area (Å²) in [7, 11) is 0. The van der Waals surface area contributed by atoms with Crippen molar-refractivity contribution in [2.45, 2.75) is 12.0 Å². The molecule has 2 aromatic heterocycles. The number of aromatic nitrogens is 4. The van der Waals surface area contributed by atoms with Crippen LogP contribution in [0.25, 0.3) is 78.0 Å². The summed E-state index contributed by atoms with van der Waals surface area (Å²) in [6.45, 7) is 0. The van der Waals surface area contributed by atoms with Gasteiger partial charge in [0.05, 0.1) is 11.0 Å². The molecule has 0 N–H and O–H groups in total. The summed E-state index contributed by atoms with van der Waals surface area (Å²) in [5.41, 5.74) is 9.76. The molecule has 0 fully saturated rings. The molecule has 7 aromatic carbocycles. The van der Waals surface area contributed by atoms with Gasteiger partial charge in [-0.3, -0.25) is 0 Å². The molecule has 0 saturated heterocycles. The SMILES string of the molecule is C1=CC(c2cccc3c4c5ccccc5ccc4n(-c4cccc(-c5nc(-c6ccccc6)nc(-c6ccccc6)n5)c4)c23)C2Oc3ccccc3C2=C1. The lowest BCUT2D eigenvalue weighted by Gasteiger charge is -2.26. The summed E-state index contributed by atoms with van der Waals surface area (Å²) in [6.07, 6.45) is 6.58. The molecule has 0 spiro atoms. The van der Waals surface area contributed by atoms with Gasteiger partial charge in [0.1, 0.15) is 11.9 Å². The number of ether oxygens (including phenoxy) is 1. The van der Waals surface area contributed by atoms with E-state index >= 15 is 0 Å². The van der Waals surface area contributed by atoms with Gasteiger partial charge >= 0.3 is 0 Å². The molecule has 0 saturated carbocycles. The number of para-hydroxylation sites is 2. The largest absolute Gasteiger partial charge is 0.484 e. The average Bonchev–Trinajstić information content (AvgIpc) is 3.81. The van der Waals surface area contributed by atoms with E-state index in [4.69, 9.17) is 19.7 Å². The van der Waals surface area contributed by atoms with Gasteiger partial charge in [-0.25, -0.2) is 15.0 Å². The lowest BCUT2D eigenvalue weighted by molar-refractivity contribution is 0.259. The molecular formula is C49H32N4O. The van der Waals surface area contributed by atoms with Crippen LogP contribution in [0.2, 0.25) is 0 Å². The third-order valence-corrected chi connectivity index (χ3v) is 10.8. The minimum atomic E-state index is -0.120. The molecule has 1 aliphatic carbocycles. The molecule has 9 aromatic rings. The number of hydrogen-bond donors (Lipinski definition) is 0. The van der Waals surface area contributed by atoms with E-state index in [2.05, 4.69) is 120 Å². The molecule has 11 rings (SSSR count). The van der Waals surface area contributed by atoms with Gasteiger partial charge in [0.15, 0.2) is 17.5 Å². The Hall–Kier alpha value is -7.11. The second-order valence-corrected chi connectivity index (χ2v) is 13.9. The van der Waals surface area contributed by atoms with Crippen molar-refractivity contribution < 1.29 is 4.74 Å². The fourth-order valence-corrected chi connectivity index (χ4v) is 8.38. The molecule has 0 bridgehead atoms. The van der Waals surface area contributed by atoms with Crippen LogP contribution >= 0.6 is 0 Å². The second-order valence-electron chi connectivity index (χ2n) is 13.9. The average molecular weight is 693 g/mol. The van der Waals surface area contributed by atoms with Crippen LogP contribution in [0.5, 0.6) is 5.75 Å². The van der Waals surface area contributed by atoms with Crippen LogP contribution in [0, 0.1) is 0 Å². The van der Waals surface area contributed by atoms with Crippen molar-refractivity contribution in [2.75, 3.05) is 0 Å². The van der Waals surface area contributed by atoms with Gasteiger partial charge in [0.25, 0.3) is 0 Å². The van der Waals surface area contributed by atoms with Crippen LogP contribution in [0.15, 0.2) is 182 Å². The smallest absolute Gasteiger partial charge is 0.164 e. The minimum Gasteiger partial charge on any atom is -0.484 e. The quantitative estimate of drug-likeness (QED) is 0.180. The van der Waals surface area contributed by atoms with E-state index in [-0.39, 0.29) is 12.0 Å². The normalized spacial score (nSPS) is 16.0. The summed E-state index contributed by atoms with van der Waals surface area (Å²) < 4.78 is 9.17. The maximum Gasteiger partial charge on any atom is 0.164 e.